The molecule has 0 aliphatic heterocycles. The summed E-state index contributed by atoms with van der Waals surface area (Å²) >= 11 is 0. The number of rotatable bonds is 7. The van der Waals surface area contributed by atoms with E-state index in [9.17, 15) is 22.4 Å². The molecule has 1 saturated carbocycles. The topological polar surface area (TPSA) is 102 Å². The van der Waals surface area contributed by atoms with Gasteiger partial charge in [-0.05, 0) is 37.0 Å². The van der Waals surface area contributed by atoms with Gasteiger partial charge in [0.05, 0.1) is 4.90 Å². The number of hydrogen-bond acceptors (Lipinski definition) is 5. The summed E-state index contributed by atoms with van der Waals surface area (Å²) < 4.78 is 43.8. The third-order valence-electron chi connectivity index (χ3n) is 4.34. The van der Waals surface area contributed by atoms with Crippen molar-refractivity contribution in [2.24, 2.45) is 5.92 Å². The highest BCUT2D eigenvalue weighted by molar-refractivity contribution is 7.89. The Morgan fingerprint density at radius 2 is 2.00 bits per heavy atom. The molecule has 0 aromatic heterocycles. The van der Waals surface area contributed by atoms with Crippen LogP contribution in [0.2, 0.25) is 0 Å². The molecule has 2 atom stereocenters. The molecule has 0 spiro atoms. The summed E-state index contributed by atoms with van der Waals surface area (Å²) in [7, 11) is -4.04. The Labute approximate surface area is 152 Å². The van der Waals surface area contributed by atoms with Gasteiger partial charge >= 0.3 is 5.97 Å². The summed E-state index contributed by atoms with van der Waals surface area (Å²) in [5.74, 6) is -1.63. The maximum absolute atomic E-state index is 13.1. The van der Waals surface area contributed by atoms with Crippen LogP contribution in [0.1, 0.15) is 32.6 Å². The first-order chi connectivity index (χ1) is 12.3. The summed E-state index contributed by atoms with van der Waals surface area (Å²) in [5, 5.41) is 2.83. The predicted molar refractivity (Wildman–Crippen MR) is 92.1 cm³/mol. The predicted octanol–water partition coefficient (Wildman–Crippen LogP) is 1.34. The fourth-order valence-electron chi connectivity index (χ4n) is 2.85. The molecule has 2 rings (SSSR count). The molecule has 0 bridgehead atoms. The van der Waals surface area contributed by atoms with Crippen LogP contribution in [-0.4, -0.2) is 39.5 Å². The maximum atomic E-state index is 13.1. The summed E-state index contributed by atoms with van der Waals surface area (Å²) in [6.07, 6.45) is 4.14. The van der Waals surface area contributed by atoms with Crippen LogP contribution in [0.3, 0.4) is 0 Å². The monoisotopic (exact) mass is 386 g/mol. The fraction of sp³-hybridized carbons (Fsp3) is 0.529. The van der Waals surface area contributed by atoms with E-state index in [2.05, 4.69) is 12.2 Å². The molecule has 9 heteroatoms. The standard InChI is InChI=1S/C17H23FN2O5S/c1-12-5-2-3-8-15(12)20-16(21)11-25-17(22)10-19-26(23,24)14-7-4-6-13(18)9-14/h4,6-7,9,12,15,19H,2-3,5,8,10-11H2,1H3,(H,20,21)/t12-,15+/m0/s1. The lowest BCUT2D eigenvalue weighted by molar-refractivity contribution is -0.147. The number of carbonyl (C=O) groups is 2. The van der Waals surface area contributed by atoms with E-state index in [0.717, 1.165) is 37.8 Å². The maximum Gasteiger partial charge on any atom is 0.321 e. The van der Waals surface area contributed by atoms with Crippen molar-refractivity contribution in [3.05, 3.63) is 30.1 Å². The van der Waals surface area contributed by atoms with Crippen LogP contribution < -0.4 is 10.0 Å². The Kier molecular flexibility index (Phi) is 7.10. The minimum Gasteiger partial charge on any atom is -0.455 e. The SMILES string of the molecule is C[C@H]1CCCC[C@H]1NC(=O)COC(=O)CNS(=O)(=O)c1cccc(F)c1. The molecule has 1 aromatic carbocycles. The third kappa shape index (κ3) is 6.06. The van der Waals surface area contributed by atoms with Gasteiger partial charge in [-0.25, -0.2) is 12.8 Å². The Morgan fingerprint density at radius 3 is 2.69 bits per heavy atom. The quantitative estimate of drug-likeness (QED) is 0.689. The number of ether oxygens (including phenoxy) is 1. The van der Waals surface area contributed by atoms with E-state index in [-0.39, 0.29) is 10.9 Å². The van der Waals surface area contributed by atoms with Gasteiger partial charge in [-0.2, -0.15) is 4.72 Å². The lowest BCUT2D eigenvalue weighted by Gasteiger charge is -2.29. The van der Waals surface area contributed by atoms with E-state index in [1.165, 1.54) is 12.1 Å². The number of carbonyl (C=O) groups excluding carboxylic acids is 2. The summed E-state index contributed by atoms with van der Waals surface area (Å²) in [4.78, 5) is 23.2. The van der Waals surface area contributed by atoms with E-state index in [1.807, 2.05) is 4.72 Å². The third-order valence-corrected chi connectivity index (χ3v) is 5.73. The molecule has 144 valence electrons. The summed E-state index contributed by atoms with van der Waals surface area (Å²) in [6, 6.07) is 4.47. The number of esters is 1. The molecule has 7 nitrogen and oxygen atoms in total. The van der Waals surface area contributed by atoms with Crippen molar-refractivity contribution >= 4 is 21.9 Å². The molecular weight excluding hydrogens is 363 g/mol. The first-order valence-electron chi connectivity index (χ1n) is 8.48. The van der Waals surface area contributed by atoms with Crippen LogP contribution in [0.4, 0.5) is 4.39 Å². The van der Waals surface area contributed by atoms with Gasteiger partial charge in [-0.15, -0.1) is 0 Å². The zero-order chi connectivity index (χ0) is 19.2. The minimum absolute atomic E-state index is 0.0708. The van der Waals surface area contributed by atoms with Crippen molar-refractivity contribution in [2.75, 3.05) is 13.2 Å². The Morgan fingerprint density at radius 1 is 1.27 bits per heavy atom. The van der Waals surface area contributed by atoms with E-state index < -0.39 is 40.9 Å². The highest BCUT2D eigenvalue weighted by Crippen LogP contribution is 2.23. The summed E-state index contributed by atoms with van der Waals surface area (Å²) in [6.45, 7) is 0.951. The Bertz CT molecular complexity index is 753. The van der Waals surface area contributed by atoms with Crippen molar-refractivity contribution in [2.45, 2.75) is 43.5 Å². The molecule has 2 N–H and O–H groups in total. The van der Waals surface area contributed by atoms with E-state index in [1.54, 1.807) is 0 Å². The highest BCUT2D eigenvalue weighted by Gasteiger charge is 2.23. The average molecular weight is 386 g/mol. The Hall–Kier alpha value is -2.00. The van der Waals surface area contributed by atoms with Gasteiger partial charge in [0.2, 0.25) is 10.0 Å². The van der Waals surface area contributed by atoms with Crippen LogP contribution in [0.25, 0.3) is 0 Å². The number of hydrogen-bond donors (Lipinski definition) is 2. The number of benzene rings is 1. The fourth-order valence-corrected chi connectivity index (χ4v) is 3.85. The average Bonchev–Trinajstić information content (AvgIpc) is 2.60. The highest BCUT2D eigenvalue weighted by atomic mass is 32.2. The second kappa shape index (κ2) is 9.09. The van der Waals surface area contributed by atoms with E-state index in [0.29, 0.717) is 5.92 Å². The minimum atomic E-state index is -4.04. The first kappa shape index (κ1) is 20.3. The van der Waals surface area contributed by atoms with Gasteiger partial charge in [-0.1, -0.05) is 25.8 Å². The molecule has 1 aliphatic carbocycles. The van der Waals surface area contributed by atoms with Gasteiger partial charge in [0.1, 0.15) is 12.4 Å². The van der Waals surface area contributed by atoms with Crippen molar-refractivity contribution < 1.29 is 27.1 Å². The normalized spacial score (nSPS) is 20.4. The molecule has 1 aromatic rings. The first-order valence-corrected chi connectivity index (χ1v) is 9.96. The lowest BCUT2D eigenvalue weighted by atomic mass is 9.86. The van der Waals surface area contributed by atoms with E-state index >= 15 is 0 Å². The van der Waals surface area contributed by atoms with E-state index in [4.69, 9.17) is 4.74 Å². The number of sulfonamides is 1. The van der Waals surface area contributed by atoms with Crippen LogP contribution in [0.15, 0.2) is 29.2 Å². The van der Waals surface area contributed by atoms with Crippen LogP contribution in [0, 0.1) is 11.7 Å². The van der Waals surface area contributed by atoms with Gasteiger partial charge < -0.3 is 10.1 Å². The smallest absolute Gasteiger partial charge is 0.321 e. The van der Waals surface area contributed by atoms with Crippen LogP contribution in [0.5, 0.6) is 0 Å². The zero-order valence-electron chi connectivity index (χ0n) is 14.5. The molecule has 1 amide bonds. The number of nitrogens with one attached hydrogen (secondary N) is 2. The van der Waals surface area contributed by atoms with Crippen LogP contribution >= 0.6 is 0 Å². The molecule has 0 heterocycles. The second-order valence-electron chi connectivity index (χ2n) is 6.38. The van der Waals surface area contributed by atoms with Crippen molar-refractivity contribution in [1.82, 2.24) is 10.0 Å². The molecule has 0 unspecified atom stereocenters. The number of amides is 1. The van der Waals surface area contributed by atoms with Crippen molar-refractivity contribution in [3.63, 3.8) is 0 Å². The largest absolute Gasteiger partial charge is 0.455 e. The van der Waals surface area contributed by atoms with Gasteiger partial charge in [-0.3, -0.25) is 9.59 Å². The van der Waals surface area contributed by atoms with Crippen LogP contribution in [-0.2, 0) is 24.3 Å². The van der Waals surface area contributed by atoms with Crippen molar-refractivity contribution in [3.8, 4) is 0 Å². The molecule has 26 heavy (non-hydrogen) atoms. The molecule has 1 fully saturated rings. The molecular formula is C17H23FN2O5S. The molecule has 0 radical (unpaired) electrons. The van der Waals surface area contributed by atoms with Gasteiger partial charge in [0.25, 0.3) is 5.91 Å². The second-order valence-corrected chi connectivity index (χ2v) is 8.15. The Balaban J connectivity index is 1.75. The van der Waals surface area contributed by atoms with Gasteiger partial charge in [0.15, 0.2) is 6.61 Å². The van der Waals surface area contributed by atoms with Gasteiger partial charge in [0, 0.05) is 6.04 Å². The lowest BCUT2D eigenvalue weighted by Crippen LogP contribution is -2.43. The zero-order valence-corrected chi connectivity index (χ0v) is 15.4. The molecule has 0 saturated heterocycles. The number of halogens is 1. The molecule has 1 aliphatic rings. The summed E-state index contributed by atoms with van der Waals surface area (Å²) in [5.41, 5.74) is 0. The van der Waals surface area contributed by atoms with Crippen molar-refractivity contribution in [1.29, 1.82) is 0 Å².